The fraction of sp³-hybridized carbons (Fsp3) is 0.538. The molecule has 1 aromatic heterocycles. The number of carbonyl (C=O) groups is 1. The summed E-state index contributed by atoms with van der Waals surface area (Å²) in [6.07, 6.45) is 7.06. The number of likely N-dealkylation sites (N-methyl/N-ethyl adjacent to an activating group) is 1. The fourth-order valence-electron chi connectivity index (χ4n) is 2.18. The standard InChI is InChI=1S/C13H17N3O/c1-16(8-4-11-3-7-15-9-11)12(17)13(10-14)5-2-6-13/h3,7,9,15H,2,4-6,8H2,1H3. The number of aromatic amines is 1. The molecule has 1 fully saturated rings. The van der Waals surface area contributed by atoms with Crippen LogP contribution in [-0.2, 0) is 11.2 Å². The van der Waals surface area contributed by atoms with E-state index in [9.17, 15) is 4.79 Å². The third-order valence-corrected chi connectivity index (χ3v) is 3.58. The highest BCUT2D eigenvalue weighted by Crippen LogP contribution is 2.41. The third kappa shape index (κ3) is 2.19. The topological polar surface area (TPSA) is 59.9 Å². The predicted molar refractivity (Wildman–Crippen MR) is 64.0 cm³/mol. The number of carbonyl (C=O) groups excluding carboxylic acids is 1. The first-order chi connectivity index (χ1) is 8.18. The van der Waals surface area contributed by atoms with Gasteiger partial charge in [0.15, 0.2) is 0 Å². The number of amides is 1. The van der Waals surface area contributed by atoms with Gasteiger partial charge in [-0.25, -0.2) is 0 Å². The van der Waals surface area contributed by atoms with E-state index in [2.05, 4.69) is 11.1 Å². The molecule has 4 heteroatoms. The van der Waals surface area contributed by atoms with Crippen molar-refractivity contribution in [1.82, 2.24) is 9.88 Å². The van der Waals surface area contributed by atoms with E-state index >= 15 is 0 Å². The predicted octanol–water partition coefficient (Wildman–Crippen LogP) is 1.71. The fourth-order valence-corrected chi connectivity index (χ4v) is 2.18. The summed E-state index contributed by atoms with van der Waals surface area (Å²) in [6, 6.07) is 4.19. The Morgan fingerprint density at radius 3 is 2.88 bits per heavy atom. The molecule has 1 aliphatic rings. The van der Waals surface area contributed by atoms with Gasteiger partial charge < -0.3 is 9.88 Å². The lowest BCUT2D eigenvalue weighted by molar-refractivity contribution is -0.141. The highest BCUT2D eigenvalue weighted by molar-refractivity contribution is 5.86. The van der Waals surface area contributed by atoms with E-state index in [0.29, 0.717) is 6.54 Å². The minimum Gasteiger partial charge on any atom is -0.367 e. The molecule has 1 aromatic rings. The maximum absolute atomic E-state index is 12.1. The summed E-state index contributed by atoms with van der Waals surface area (Å²) in [5, 5.41) is 9.11. The molecule has 17 heavy (non-hydrogen) atoms. The SMILES string of the molecule is CN(CCc1cc[nH]c1)C(=O)C1(C#N)CCC1. The van der Waals surface area contributed by atoms with Crippen molar-refractivity contribution in [2.45, 2.75) is 25.7 Å². The van der Waals surface area contributed by atoms with Gasteiger partial charge in [0.2, 0.25) is 5.91 Å². The Bertz CT molecular complexity index is 426. The number of hydrogen-bond donors (Lipinski definition) is 1. The maximum Gasteiger partial charge on any atom is 0.242 e. The zero-order valence-electron chi connectivity index (χ0n) is 10.1. The molecule has 0 aliphatic heterocycles. The van der Waals surface area contributed by atoms with Gasteiger partial charge in [0.05, 0.1) is 6.07 Å². The van der Waals surface area contributed by atoms with Crippen molar-refractivity contribution in [3.8, 4) is 6.07 Å². The number of hydrogen-bond acceptors (Lipinski definition) is 2. The van der Waals surface area contributed by atoms with Gasteiger partial charge in [0.25, 0.3) is 0 Å². The van der Waals surface area contributed by atoms with Crippen molar-refractivity contribution in [1.29, 1.82) is 5.26 Å². The van der Waals surface area contributed by atoms with E-state index in [0.717, 1.165) is 25.7 Å². The summed E-state index contributed by atoms with van der Waals surface area (Å²) in [5.74, 6) is -0.0122. The monoisotopic (exact) mass is 231 g/mol. The molecule has 0 aromatic carbocycles. The Labute approximate surface area is 101 Å². The molecule has 0 bridgehead atoms. The lowest BCUT2D eigenvalue weighted by atomic mass is 9.69. The van der Waals surface area contributed by atoms with Crippen molar-refractivity contribution in [2.24, 2.45) is 5.41 Å². The second kappa shape index (κ2) is 4.62. The van der Waals surface area contributed by atoms with Gasteiger partial charge in [-0.05, 0) is 37.3 Å². The first-order valence-corrected chi connectivity index (χ1v) is 5.96. The molecule has 1 heterocycles. The van der Waals surface area contributed by atoms with Crippen LogP contribution >= 0.6 is 0 Å². The molecule has 2 rings (SSSR count). The average molecular weight is 231 g/mol. The summed E-state index contributed by atoms with van der Waals surface area (Å²) < 4.78 is 0. The van der Waals surface area contributed by atoms with Crippen LogP contribution in [0.5, 0.6) is 0 Å². The van der Waals surface area contributed by atoms with Crippen LogP contribution < -0.4 is 0 Å². The van der Waals surface area contributed by atoms with Crippen molar-refractivity contribution in [2.75, 3.05) is 13.6 Å². The lowest BCUT2D eigenvalue weighted by Crippen LogP contribution is -2.46. The molecule has 1 N–H and O–H groups in total. The Kier molecular flexibility index (Phi) is 3.19. The minimum atomic E-state index is -0.715. The average Bonchev–Trinajstić information content (AvgIpc) is 2.77. The highest BCUT2D eigenvalue weighted by atomic mass is 16.2. The number of aromatic nitrogens is 1. The molecule has 90 valence electrons. The Balaban J connectivity index is 1.90. The smallest absolute Gasteiger partial charge is 0.242 e. The Morgan fingerprint density at radius 1 is 1.65 bits per heavy atom. The quantitative estimate of drug-likeness (QED) is 0.857. The first kappa shape index (κ1) is 11.7. The van der Waals surface area contributed by atoms with Crippen LogP contribution in [0.3, 0.4) is 0 Å². The first-order valence-electron chi connectivity index (χ1n) is 5.96. The van der Waals surface area contributed by atoms with Crippen LogP contribution in [0.4, 0.5) is 0 Å². The molecule has 0 atom stereocenters. The van der Waals surface area contributed by atoms with Crippen molar-refractivity contribution < 1.29 is 4.79 Å². The summed E-state index contributed by atoms with van der Waals surface area (Å²) in [6.45, 7) is 0.667. The molecule has 0 unspecified atom stereocenters. The van der Waals surface area contributed by atoms with Crippen LogP contribution in [0.2, 0.25) is 0 Å². The second-order valence-corrected chi connectivity index (χ2v) is 4.74. The number of nitrogens with zero attached hydrogens (tertiary/aromatic N) is 2. The summed E-state index contributed by atoms with van der Waals surface area (Å²) in [5.41, 5.74) is 0.469. The Morgan fingerprint density at radius 2 is 2.41 bits per heavy atom. The van der Waals surface area contributed by atoms with Crippen LogP contribution in [0.25, 0.3) is 0 Å². The maximum atomic E-state index is 12.1. The van der Waals surface area contributed by atoms with E-state index in [4.69, 9.17) is 5.26 Å². The lowest BCUT2D eigenvalue weighted by Gasteiger charge is -2.36. The van der Waals surface area contributed by atoms with Crippen molar-refractivity contribution in [3.63, 3.8) is 0 Å². The summed E-state index contributed by atoms with van der Waals surface area (Å²) in [4.78, 5) is 16.8. The molecule has 0 radical (unpaired) electrons. The normalized spacial score (nSPS) is 16.9. The molecule has 1 amide bonds. The zero-order valence-corrected chi connectivity index (χ0v) is 10.1. The van der Waals surface area contributed by atoms with E-state index < -0.39 is 5.41 Å². The van der Waals surface area contributed by atoms with E-state index in [1.54, 1.807) is 11.9 Å². The van der Waals surface area contributed by atoms with Gasteiger partial charge in [0, 0.05) is 26.0 Å². The third-order valence-electron chi connectivity index (χ3n) is 3.58. The van der Waals surface area contributed by atoms with E-state index in [1.807, 2.05) is 18.5 Å². The van der Waals surface area contributed by atoms with E-state index in [1.165, 1.54) is 5.56 Å². The van der Waals surface area contributed by atoms with Crippen LogP contribution in [0.1, 0.15) is 24.8 Å². The largest absolute Gasteiger partial charge is 0.367 e. The van der Waals surface area contributed by atoms with Crippen molar-refractivity contribution >= 4 is 5.91 Å². The van der Waals surface area contributed by atoms with Gasteiger partial charge in [-0.15, -0.1) is 0 Å². The summed E-state index contributed by atoms with van der Waals surface area (Å²) >= 11 is 0. The molecular formula is C13H17N3O. The van der Waals surface area contributed by atoms with Gasteiger partial charge in [0.1, 0.15) is 5.41 Å². The van der Waals surface area contributed by atoms with Gasteiger partial charge in [-0.1, -0.05) is 0 Å². The van der Waals surface area contributed by atoms with E-state index in [-0.39, 0.29) is 5.91 Å². The van der Waals surface area contributed by atoms with Gasteiger partial charge in [-0.3, -0.25) is 4.79 Å². The minimum absolute atomic E-state index is 0.0122. The second-order valence-electron chi connectivity index (χ2n) is 4.74. The van der Waals surface area contributed by atoms with Crippen LogP contribution in [0.15, 0.2) is 18.5 Å². The highest BCUT2D eigenvalue weighted by Gasteiger charge is 2.45. The van der Waals surface area contributed by atoms with Crippen LogP contribution in [0, 0.1) is 16.7 Å². The number of nitriles is 1. The van der Waals surface area contributed by atoms with Crippen LogP contribution in [-0.4, -0.2) is 29.4 Å². The number of nitrogens with one attached hydrogen (secondary N) is 1. The Hall–Kier alpha value is -1.76. The molecule has 0 spiro atoms. The molecular weight excluding hydrogens is 214 g/mol. The molecule has 4 nitrogen and oxygen atoms in total. The zero-order chi connectivity index (χ0) is 12.3. The number of rotatable bonds is 4. The number of H-pyrrole nitrogens is 1. The summed E-state index contributed by atoms with van der Waals surface area (Å²) in [7, 11) is 1.78. The van der Waals surface area contributed by atoms with Crippen molar-refractivity contribution in [3.05, 3.63) is 24.0 Å². The van der Waals surface area contributed by atoms with Gasteiger partial charge in [-0.2, -0.15) is 5.26 Å². The molecule has 1 saturated carbocycles. The molecule has 1 aliphatic carbocycles. The van der Waals surface area contributed by atoms with Gasteiger partial charge >= 0.3 is 0 Å². The molecule has 0 saturated heterocycles.